The van der Waals surface area contributed by atoms with Crippen molar-refractivity contribution in [1.29, 1.82) is 0 Å². The fourth-order valence-electron chi connectivity index (χ4n) is 5.93. The van der Waals surface area contributed by atoms with Crippen LogP contribution in [0.5, 0.6) is 11.5 Å². The van der Waals surface area contributed by atoms with E-state index in [2.05, 4.69) is 45.7 Å². The fourth-order valence-corrected chi connectivity index (χ4v) is 7.13. The molecular weight excluding hydrogens is 611 g/mol. The second-order valence-corrected chi connectivity index (χ2v) is 14.6. The van der Waals surface area contributed by atoms with Crippen molar-refractivity contribution >= 4 is 28.6 Å². The van der Waals surface area contributed by atoms with Crippen LogP contribution in [0.2, 0.25) is 0 Å². The lowest BCUT2D eigenvalue weighted by Gasteiger charge is -2.36. The molecule has 0 saturated heterocycles. The molecule has 5 rings (SSSR count). The lowest BCUT2D eigenvalue weighted by atomic mass is 9.67. The van der Waals surface area contributed by atoms with E-state index in [9.17, 15) is 9.90 Å². The molecule has 246 valence electrons. The first-order chi connectivity index (χ1) is 22.5. The number of hydrogen-bond acceptors (Lipinski definition) is 8. The standard InChI is InChI=1S/C37H43N5O4S/c1-8-37(9-2,35(43)44)30(16-24-10-12-25(13-11-24)34-40-20-28(45-7)21-41-34)32-33(47-36(4,5)6)29-17-27(14-15-31(29)42-32)46-22-26-19-38-23(3)18-39-26/h10-15,17-21,30,42H,8-9,16,22H2,1-7H3,(H,43,44). The largest absolute Gasteiger partial charge is 0.494 e. The highest BCUT2D eigenvalue weighted by Gasteiger charge is 2.45. The first-order valence-electron chi connectivity index (χ1n) is 15.9. The van der Waals surface area contributed by atoms with E-state index in [1.165, 1.54) is 0 Å². The minimum absolute atomic E-state index is 0.132. The Bertz CT molecular complexity index is 1810. The third kappa shape index (κ3) is 7.59. The zero-order chi connectivity index (χ0) is 33.8. The molecule has 0 aliphatic rings. The van der Waals surface area contributed by atoms with Crippen molar-refractivity contribution in [2.75, 3.05) is 7.11 Å². The summed E-state index contributed by atoms with van der Waals surface area (Å²) in [7, 11) is 1.58. The highest BCUT2D eigenvalue weighted by molar-refractivity contribution is 8.00. The number of H-pyrrole nitrogens is 1. The number of carboxylic acids is 1. The van der Waals surface area contributed by atoms with E-state index < -0.39 is 11.4 Å². The van der Waals surface area contributed by atoms with Gasteiger partial charge in [0.15, 0.2) is 11.6 Å². The molecule has 0 aliphatic heterocycles. The highest BCUT2D eigenvalue weighted by atomic mass is 32.2. The second kappa shape index (κ2) is 14.1. The molecule has 2 aromatic carbocycles. The Morgan fingerprint density at radius 3 is 2.21 bits per heavy atom. The van der Waals surface area contributed by atoms with Gasteiger partial charge in [0.2, 0.25) is 0 Å². The minimum atomic E-state index is -0.991. The number of benzene rings is 2. The van der Waals surface area contributed by atoms with Crippen LogP contribution >= 0.6 is 11.8 Å². The molecule has 5 aromatic rings. The van der Waals surface area contributed by atoms with Gasteiger partial charge in [-0.1, -0.05) is 58.9 Å². The number of nitrogens with zero attached hydrogens (tertiary/aromatic N) is 4. The lowest BCUT2D eigenvalue weighted by Crippen LogP contribution is -2.38. The van der Waals surface area contributed by atoms with Crippen molar-refractivity contribution in [2.24, 2.45) is 5.41 Å². The Balaban J connectivity index is 1.56. The summed E-state index contributed by atoms with van der Waals surface area (Å²) < 4.78 is 11.2. The molecule has 0 saturated carbocycles. The van der Waals surface area contributed by atoms with E-state index in [1.54, 1.807) is 43.7 Å². The molecule has 0 aliphatic carbocycles. The first-order valence-corrected chi connectivity index (χ1v) is 16.7. The van der Waals surface area contributed by atoms with E-state index in [0.717, 1.165) is 44.0 Å². The van der Waals surface area contributed by atoms with Gasteiger partial charge in [0.1, 0.15) is 12.4 Å². The molecule has 9 nitrogen and oxygen atoms in total. The van der Waals surface area contributed by atoms with E-state index in [4.69, 9.17) is 9.47 Å². The number of aliphatic carboxylic acids is 1. The third-order valence-corrected chi connectivity index (χ3v) is 9.85. The molecule has 0 amide bonds. The number of rotatable bonds is 13. The van der Waals surface area contributed by atoms with Gasteiger partial charge in [-0.15, -0.1) is 11.8 Å². The number of fused-ring (bicyclic) bond motifs is 1. The Hall–Kier alpha value is -4.44. The maximum atomic E-state index is 13.2. The fraction of sp³-hybridized carbons (Fsp3) is 0.378. The van der Waals surface area contributed by atoms with Gasteiger partial charge >= 0.3 is 5.97 Å². The van der Waals surface area contributed by atoms with E-state index in [1.807, 2.05) is 63.2 Å². The van der Waals surface area contributed by atoms with E-state index in [0.29, 0.717) is 43.2 Å². The average Bonchev–Trinajstić information content (AvgIpc) is 3.40. The Morgan fingerprint density at radius 2 is 1.64 bits per heavy atom. The quantitative estimate of drug-likeness (QED) is 0.121. The predicted octanol–water partition coefficient (Wildman–Crippen LogP) is 8.42. The molecule has 3 aromatic heterocycles. The number of aromatic amines is 1. The van der Waals surface area contributed by atoms with Gasteiger partial charge < -0.3 is 19.6 Å². The number of hydrogen-bond donors (Lipinski definition) is 2. The van der Waals surface area contributed by atoms with Crippen LogP contribution in [-0.4, -0.2) is 47.9 Å². The molecule has 10 heteroatoms. The van der Waals surface area contributed by atoms with Crippen molar-refractivity contribution in [3.8, 4) is 22.9 Å². The number of aryl methyl sites for hydroxylation is 1. The van der Waals surface area contributed by atoms with Crippen molar-refractivity contribution in [1.82, 2.24) is 24.9 Å². The molecule has 0 spiro atoms. The monoisotopic (exact) mass is 653 g/mol. The smallest absolute Gasteiger partial charge is 0.310 e. The van der Waals surface area contributed by atoms with Crippen LogP contribution < -0.4 is 9.47 Å². The van der Waals surface area contributed by atoms with Crippen LogP contribution in [0, 0.1) is 12.3 Å². The van der Waals surface area contributed by atoms with Gasteiger partial charge in [-0.05, 0) is 49.9 Å². The number of nitrogens with one attached hydrogen (secondary N) is 1. The average molecular weight is 654 g/mol. The molecule has 1 unspecified atom stereocenters. The number of ether oxygens (including phenoxy) is 2. The van der Waals surface area contributed by atoms with Gasteiger partial charge in [0.25, 0.3) is 0 Å². The zero-order valence-electron chi connectivity index (χ0n) is 28.1. The van der Waals surface area contributed by atoms with E-state index >= 15 is 0 Å². The van der Waals surface area contributed by atoms with Gasteiger partial charge in [0.05, 0.1) is 42.5 Å². The maximum absolute atomic E-state index is 13.2. The summed E-state index contributed by atoms with van der Waals surface area (Å²) in [5, 5.41) is 11.8. The minimum Gasteiger partial charge on any atom is -0.494 e. The van der Waals surface area contributed by atoms with Crippen LogP contribution in [0.4, 0.5) is 0 Å². The molecular formula is C37H43N5O4S. The van der Waals surface area contributed by atoms with Crippen LogP contribution in [-0.2, 0) is 17.8 Å². The van der Waals surface area contributed by atoms with Crippen LogP contribution in [0.1, 0.15) is 76.0 Å². The molecule has 0 bridgehead atoms. The maximum Gasteiger partial charge on any atom is 0.310 e. The van der Waals surface area contributed by atoms with E-state index in [-0.39, 0.29) is 10.7 Å². The van der Waals surface area contributed by atoms with Gasteiger partial charge in [0, 0.05) is 43.9 Å². The molecule has 3 heterocycles. The lowest BCUT2D eigenvalue weighted by molar-refractivity contribution is -0.151. The summed E-state index contributed by atoms with van der Waals surface area (Å²) >= 11 is 1.75. The number of aromatic nitrogens is 5. The SMILES string of the molecule is CCC(CC)(C(=O)O)C(Cc1ccc(-c2ncc(OC)cn2)cc1)c1[nH]c2ccc(OCc3cnc(C)cn3)cc2c1SC(C)(C)C. The molecule has 47 heavy (non-hydrogen) atoms. The predicted molar refractivity (Wildman–Crippen MR) is 186 cm³/mol. The topological polar surface area (TPSA) is 123 Å². The third-order valence-electron chi connectivity index (χ3n) is 8.60. The summed E-state index contributed by atoms with van der Waals surface area (Å²) in [6, 6.07) is 14.1. The van der Waals surface area contributed by atoms with Crippen molar-refractivity contribution in [2.45, 2.75) is 83.0 Å². The normalized spacial score (nSPS) is 12.7. The van der Waals surface area contributed by atoms with Crippen LogP contribution in [0.15, 0.2) is 72.1 Å². The number of methoxy groups -OCH3 is 1. The Morgan fingerprint density at radius 1 is 0.936 bits per heavy atom. The summed E-state index contributed by atoms with van der Waals surface area (Å²) in [4.78, 5) is 35.5. The van der Waals surface area contributed by atoms with Gasteiger partial charge in [-0.25, -0.2) is 9.97 Å². The summed E-state index contributed by atoms with van der Waals surface area (Å²) in [5.41, 5.74) is 4.40. The van der Waals surface area contributed by atoms with Crippen LogP contribution in [0.25, 0.3) is 22.3 Å². The highest BCUT2D eigenvalue weighted by Crippen LogP contribution is 2.50. The molecule has 1 atom stereocenters. The number of thioether (sulfide) groups is 1. The number of carbonyl (C=O) groups is 1. The summed E-state index contributed by atoms with van der Waals surface area (Å²) in [6.45, 7) is 12.7. The number of carboxylic acid groups (broad SMARTS) is 1. The molecule has 2 N–H and O–H groups in total. The Kier molecular flexibility index (Phi) is 10.2. The van der Waals surface area contributed by atoms with Crippen molar-refractivity contribution < 1.29 is 19.4 Å². The zero-order valence-corrected chi connectivity index (χ0v) is 28.9. The Labute approximate surface area is 280 Å². The van der Waals surface area contributed by atoms with Gasteiger partial charge in [-0.2, -0.15) is 0 Å². The molecule has 0 fully saturated rings. The van der Waals surface area contributed by atoms with Gasteiger partial charge in [-0.3, -0.25) is 14.8 Å². The first kappa shape index (κ1) is 33.9. The molecule has 0 radical (unpaired) electrons. The second-order valence-electron chi connectivity index (χ2n) is 12.8. The van der Waals surface area contributed by atoms with Crippen LogP contribution in [0.3, 0.4) is 0 Å². The van der Waals surface area contributed by atoms with Crippen molar-refractivity contribution in [3.05, 3.63) is 89.9 Å². The summed E-state index contributed by atoms with van der Waals surface area (Å²) in [6.07, 6.45) is 8.27. The van der Waals surface area contributed by atoms with Crippen molar-refractivity contribution in [3.63, 3.8) is 0 Å². The summed E-state index contributed by atoms with van der Waals surface area (Å²) in [5.74, 6) is 0.790.